The minimum absolute atomic E-state index is 1.52. The van der Waals surface area contributed by atoms with E-state index in [1.54, 1.807) is 6.07 Å². The van der Waals surface area contributed by atoms with E-state index in [0.717, 1.165) is 0 Å². The van der Waals surface area contributed by atoms with Crippen LogP contribution < -0.4 is 0 Å². The Morgan fingerprint density at radius 1 is 1.33 bits per heavy atom. The average molecular weight is 141 g/mol. The molecule has 0 saturated heterocycles. The van der Waals surface area contributed by atoms with E-state index in [1.807, 2.05) is 0 Å². The highest BCUT2D eigenvalue weighted by atomic mass is 28.3. The molecule has 0 bridgehead atoms. The lowest BCUT2D eigenvalue weighted by Crippen LogP contribution is -2.16. The van der Waals surface area contributed by atoms with Gasteiger partial charge in [0.1, 0.15) is 0 Å². The molecule has 0 fully saturated rings. The fourth-order valence-corrected chi connectivity index (χ4v) is 0.916. The number of hydrogen-bond acceptors (Lipinski definition) is 3. The molecule has 0 aliphatic carbocycles. The van der Waals surface area contributed by atoms with Crippen molar-refractivity contribution in [3.63, 3.8) is 0 Å². The zero-order valence-corrected chi connectivity index (χ0v) is 6.50. The lowest BCUT2D eigenvalue weighted by Gasteiger charge is -1.99. The molecule has 0 saturated carbocycles. The minimum atomic E-state index is -1.79. The number of rotatable bonds is 2. The number of hydrogen-bond donors (Lipinski definition) is 0. The first kappa shape index (κ1) is 8.19. The fourth-order valence-electron chi connectivity index (χ4n) is 0.305. The van der Waals surface area contributed by atoms with Gasteiger partial charge in [0, 0.05) is 20.1 Å². The van der Waals surface area contributed by atoms with Gasteiger partial charge in [-0.05, 0) is 0 Å². The van der Waals surface area contributed by atoms with Crippen LogP contribution >= 0.6 is 0 Å². The molecule has 9 heavy (non-hydrogen) atoms. The molecule has 0 unspecified atom stereocenters. The zero-order valence-electron chi connectivity index (χ0n) is 5.34. The molecule has 0 radical (unpaired) electrons. The summed E-state index contributed by atoms with van der Waals surface area (Å²) in [5, 5.41) is 7.99. The Kier molecular flexibility index (Phi) is 4.84. The van der Waals surface area contributed by atoms with Gasteiger partial charge in [0.15, 0.2) is 6.07 Å². The summed E-state index contributed by atoms with van der Waals surface area (Å²) in [4.78, 5) is 0. The summed E-state index contributed by atoms with van der Waals surface area (Å²) in [6.45, 7) is 0. The first-order chi connectivity index (χ1) is 4.35. The maximum atomic E-state index is 7.99. The van der Waals surface area contributed by atoms with Crippen molar-refractivity contribution in [2.75, 3.05) is 14.2 Å². The monoisotopic (exact) mass is 141 g/mol. The average Bonchev–Trinajstić information content (AvgIpc) is 1.91. The molecule has 0 N–H and O–H groups in total. The Balaban J connectivity index is 3.71. The fraction of sp³-hybridized carbons (Fsp3) is 0.400. The van der Waals surface area contributed by atoms with Crippen LogP contribution in [0.2, 0.25) is 0 Å². The van der Waals surface area contributed by atoms with Crippen LogP contribution in [0, 0.1) is 22.8 Å². The molecule has 0 aliphatic heterocycles. The predicted molar refractivity (Wildman–Crippen MR) is 34.6 cm³/mol. The molecule has 0 aromatic carbocycles. The van der Waals surface area contributed by atoms with Crippen molar-refractivity contribution in [3.05, 3.63) is 0 Å². The van der Waals surface area contributed by atoms with E-state index < -0.39 is 9.28 Å². The second-order valence-electron chi connectivity index (χ2n) is 1.18. The first-order valence-electron chi connectivity index (χ1n) is 2.30. The Morgan fingerprint density at radius 3 is 2.22 bits per heavy atom. The molecule has 4 heteroatoms. The summed E-state index contributed by atoms with van der Waals surface area (Å²) in [5.41, 5.74) is 2.55. The van der Waals surface area contributed by atoms with E-state index in [4.69, 9.17) is 14.1 Å². The third kappa shape index (κ3) is 3.74. The third-order valence-corrected chi connectivity index (χ3v) is 1.91. The van der Waals surface area contributed by atoms with E-state index in [0.29, 0.717) is 0 Å². The van der Waals surface area contributed by atoms with Crippen LogP contribution in [0.5, 0.6) is 0 Å². The normalized spacial score (nSPS) is 7.78. The van der Waals surface area contributed by atoms with Crippen LogP contribution in [0.25, 0.3) is 0 Å². The highest BCUT2D eigenvalue weighted by Gasteiger charge is 2.01. The van der Waals surface area contributed by atoms with Gasteiger partial charge in [-0.15, -0.1) is 0 Å². The molecular weight excluding hydrogens is 134 g/mol. The molecule has 48 valence electrons. The topological polar surface area (TPSA) is 42.2 Å². The van der Waals surface area contributed by atoms with Crippen LogP contribution in [0.1, 0.15) is 0 Å². The van der Waals surface area contributed by atoms with Crippen LogP contribution in [-0.2, 0) is 8.85 Å². The molecule has 0 aliphatic rings. The highest BCUT2D eigenvalue weighted by Crippen LogP contribution is 1.78. The number of nitriles is 1. The second-order valence-corrected chi connectivity index (χ2v) is 3.08. The Hall–Kier alpha value is -0.813. The van der Waals surface area contributed by atoms with Gasteiger partial charge >= 0.3 is 9.28 Å². The maximum Gasteiger partial charge on any atom is 0.407 e. The van der Waals surface area contributed by atoms with Crippen molar-refractivity contribution in [3.8, 4) is 17.5 Å². The molecule has 0 amide bonds. The number of nitrogens with zero attached hydrogens (tertiary/aromatic N) is 1. The molecule has 3 nitrogen and oxygen atoms in total. The van der Waals surface area contributed by atoms with Crippen LogP contribution in [0.15, 0.2) is 0 Å². The van der Waals surface area contributed by atoms with Gasteiger partial charge in [-0.1, -0.05) is 5.54 Å². The highest BCUT2D eigenvalue weighted by molar-refractivity contribution is 6.54. The van der Waals surface area contributed by atoms with Gasteiger partial charge in [-0.2, -0.15) is 5.26 Å². The van der Waals surface area contributed by atoms with Gasteiger partial charge < -0.3 is 8.85 Å². The standard InChI is InChI=1S/C5H7NO2Si/c1-7-9(8-2)5-3-4-6/h9H,1-2H3. The van der Waals surface area contributed by atoms with Crippen molar-refractivity contribution in [1.29, 1.82) is 5.26 Å². The molecule has 0 aromatic heterocycles. The van der Waals surface area contributed by atoms with Gasteiger partial charge in [0.25, 0.3) is 0 Å². The van der Waals surface area contributed by atoms with Gasteiger partial charge in [-0.25, -0.2) is 0 Å². The Morgan fingerprint density at radius 2 is 1.89 bits per heavy atom. The summed E-state index contributed by atoms with van der Waals surface area (Å²) in [7, 11) is 1.25. The Bertz CT molecular complexity index is 160. The SMILES string of the molecule is CO[SiH](C#CC#N)OC. The van der Waals surface area contributed by atoms with Crippen molar-refractivity contribution >= 4 is 9.28 Å². The molecule has 0 spiro atoms. The van der Waals surface area contributed by atoms with Crippen molar-refractivity contribution in [1.82, 2.24) is 0 Å². The summed E-state index contributed by atoms with van der Waals surface area (Å²) < 4.78 is 9.59. The molecule has 0 rings (SSSR count). The largest absolute Gasteiger partial charge is 0.407 e. The van der Waals surface area contributed by atoms with Gasteiger partial charge in [0.2, 0.25) is 0 Å². The summed E-state index contributed by atoms with van der Waals surface area (Å²) in [6.07, 6.45) is 0. The quantitative estimate of drug-likeness (QED) is 0.387. The van der Waals surface area contributed by atoms with E-state index in [-0.39, 0.29) is 0 Å². The second kappa shape index (κ2) is 5.33. The van der Waals surface area contributed by atoms with Crippen molar-refractivity contribution in [2.45, 2.75) is 0 Å². The summed E-state index contributed by atoms with van der Waals surface area (Å²) in [5.74, 6) is 2.22. The predicted octanol–water partition coefficient (Wildman–Crippen LogP) is -0.434. The third-order valence-electron chi connectivity index (χ3n) is 0.674. The first-order valence-corrected chi connectivity index (χ1v) is 3.82. The van der Waals surface area contributed by atoms with Crippen LogP contribution in [0.4, 0.5) is 0 Å². The lowest BCUT2D eigenvalue weighted by atomic mass is 10.8. The van der Waals surface area contributed by atoms with Crippen molar-refractivity contribution < 1.29 is 8.85 Å². The van der Waals surface area contributed by atoms with E-state index in [2.05, 4.69) is 11.5 Å². The molecular formula is C5H7NO2Si. The smallest absolute Gasteiger partial charge is 0.391 e. The van der Waals surface area contributed by atoms with E-state index in [9.17, 15) is 0 Å². The summed E-state index contributed by atoms with van der Waals surface area (Å²) in [6, 6.07) is 1.68. The molecule has 0 aromatic rings. The summed E-state index contributed by atoms with van der Waals surface area (Å²) >= 11 is 0. The lowest BCUT2D eigenvalue weighted by molar-refractivity contribution is 0.293. The maximum absolute atomic E-state index is 7.99. The van der Waals surface area contributed by atoms with E-state index >= 15 is 0 Å². The Labute approximate surface area is 56.0 Å². The van der Waals surface area contributed by atoms with Crippen LogP contribution in [-0.4, -0.2) is 23.5 Å². The minimum Gasteiger partial charge on any atom is -0.391 e. The van der Waals surface area contributed by atoms with Gasteiger partial charge in [0.05, 0.1) is 0 Å². The van der Waals surface area contributed by atoms with Crippen LogP contribution in [0.3, 0.4) is 0 Å². The van der Waals surface area contributed by atoms with Crippen molar-refractivity contribution in [2.24, 2.45) is 0 Å². The molecule has 0 heterocycles. The zero-order chi connectivity index (χ0) is 7.11. The van der Waals surface area contributed by atoms with E-state index in [1.165, 1.54) is 14.2 Å². The molecule has 0 atom stereocenters. The van der Waals surface area contributed by atoms with Gasteiger partial charge in [-0.3, -0.25) is 0 Å².